The van der Waals surface area contributed by atoms with Crippen molar-refractivity contribution in [3.05, 3.63) is 92.9 Å². The average molecular weight is 408 g/mol. The fourth-order valence-electron chi connectivity index (χ4n) is 3.27. The van der Waals surface area contributed by atoms with Gasteiger partial charge in [0, 0.05) is 35.0 Å². The Balaban J connectivity index is 1.54. The highest BCUT2D eigenvalue weighted by atomic mass is 35.5. The van der Waals surface area contributed by atoms with Gasteiger partial charge in [0.25, 0.3) is 11.5 Å². The Bertz CT molecular complexity index is 1170. The van der Waals surface area contributed by atoms with E-state index < -0.39 is 0 Å². The summed E-state index contributed by atoms with van der Waals surface area (Å²) in [6, 6.07) is 15.5. The van der Waals surface area contributed by atoms with Crippen LogP contribution in [0.15, 0.2) is 65.6 Å². The highest BCUT2D eigenvalue weighted by Gasteiger charge is 2.17. The van der Waals surface area contributed by atoms with Crippen molar-refractivity contribution in [2.24, 2.45) is 0 Å². The minimum absolute atomic E-state index is 0.0181. The minimum atomic E-state index is -0.285. The summed E-state index contributed by atoms with van der Waals surface area (Å²) in [6.45, 7) is 0.306. The first-order chi connectivity index (χ1) is 14.0. The van der Waals surface area contributed by atoms with Gasteiger partial charge in [-0.2, -0.15) is 0 Å². The predicted octanol–water partition coefficient (Wildman–Crippen LogP) is 3.69. The summed E-state index contributed by atoms with van der Waals surface area (Å²) in [4.78, 5) is 36.3. The molecule has 1 aliphatic rings. The van der Waals surface area contributed by atoms with Crippen molar-refractivity contribution in [2.75, 3.05) is 10.6 Å². The first-order valence-electron chi connectivity index (χ1n) is 9.17. The number of carbonyl (C=O) groups is 2. The molecule has 1 aromatic heterocycles. The number of pyridine rings is 1. The average Bonchev–Trinajstić information content (AvgIpc) is 2.71. The summed E-state index contributed by atoms with van der Waals surface area (Å²) >= 11 is 6.19. The molecule has 29 heavy (non-hydrogen) atoms. The molecule has 7 heteroatoms. The second-order valence-electron chi connectivity index (χ2n) is 6.85. The molecule has 0 atom stereocenters. The first-order valence-corrected chi connectivity index (χ1v) is 9.55. The second-order valence-corrected chi connectivity index (χ2v) is 7.26. The Hall–Kier alpha value is -3.38. The molecule has 0 saturated heterocycles. The lowest BCUT2D eigenvalue weighted by Gasteiger charge is -2.17. The minimum Gasteiger partial charge on any atom is -0.326 e. The number of nitrogens with one attached hydrogen (secondary N) is 2. The number of benzene rings is 2. The maximum absolute atomic E-state index is 12.7. The Morgan fingerprint density at radius 2 is 1.90 bits per heavy atom. The largest absolute Gasteiger partial charge is 0.326 e. The summed E-state index contributed by atoms with van der Waals surface area (Å²) in [7, 11) is 0. The van der Waals surface area contributed by atoms with Crippen molar-refractivity contribution >= 4 is 34.8 Å². The first kappa shape index (κ1) is 19.0. The van der Waals surface area contributed by atoms with E-state index in [0.29, 0.717) is 35.7 Å². The quantitative estimate of drug-likeness (QED) is 0.692. The number of aryl methyl sites for hydroxylation is 1. The molecule has 1 aliphatic heterocycles. The molecular weight excluding hydrogens is 390 g/mol. The third-order valence-corrected chi connectivity index (χ3v) is 5.17. The molecule has 0 saturated carbocycles. The van der Waals surface area contributed by atoms with Gasteiger partial charge in [0.05, 0.1) is 12.2 Å². The summed E-state index contributed by atoms with van der Waals surface area (Å²) in [5.74, 6) is -0.303. The zero-order chi connectivity index (χ0) is 20.4. The molecule has 2 heterocycles. The number of aromatic nitrogens is 1. The lowest BCUT2D eigenvalue weighted by Crippen LogP contribution is -2.22. The van der Waals surface area contributed by atoms with Gasteiger partial charge in [0.15, 0.2) is 0 Å². The molecular formula is C22H18ClN3O3. The lowest BCUT2D eigenvalue weighted by atomic mass is 10.00. The molecule has 6 nitrogen and oxygen atoms in total. The third-order valence-electron chi connectivity index (χ3n) is 4.80. The van der Waals surface area contributed by atoms with Gasteiger partial charge in [-0.15, -0.1) is 0 Å². The molecule has 0 spiro atoms. The molecule has 2 aromatic carbocycles. The maximum atomic E-state index is 12.7. The monoisotopic (exact) mass is 407 g/mol. The van der Waals surface area contributed by atoms with E-state index in [2.05, 4.69) is 10.6 Å². The van der Waals surface area contributed by atoms with E-state index >= 15 is 0 Å². The van der Waals surface area contributed by atoms with Crippen LogP contribution in [0.3, 0.4) is 0 Å². The smallest absolute Gasteiger partial charge is 0.255 e. The number of halogens is 1. The normalized spacial score (nSPS) is 12.8. The van der Waals surface area contributed by atoms with Crippen LogP contribution in [0.2, 0.25) is 5.02 Å². The van der Waals surface area contributed by atoms with Gasteiger partial charge in [-0.3, -0.25) is 14.4 Å². The van der Waals surface area contributed by atoms with Crippen molar-refractivity contribution in [1.82, 2.24) is 4.57 Å². The molecule has 3 aromatic rings. The highest BCUT2D eigenvalue weighted by molar-refractivity contribution is 6.31. The molecule has 4 rings (SSSR count). The number of nitrogens with zero attached hydrogens (tertiary/aromatic N) is 1. The van der Waals surface area contributed by atoms with E-state index in [1.165, 1.54) is 10.6 Å². The topological polar surface area (TPSA) is 80.2 Å². The SMILES string of the molecule is O=C1CCc2cc(C(=O)Nc3ccc(=O)n(Cc4ccccc4Cl)c3)ccc2N1. The van der Waals surface area contributed by atoms with E-state index in [4.69, 9.17) is 11.6 Å². The molecule has 2 amide bonds. The van der Waals surface area contributed by atoms with Gasteiger partial charge in [0.2, 0.25) is 5.91 Å². The van der Waals surface area contributed by atoms with Crippen molar-refractivity contribution in [3.63, 3.8) is 0 Å². The zero-order valence-corrected chi connectivity index (χ0v) is 16.2. The molecule has 2 N–H and O–H groups in total. The standard InChI is InChI=1S/C22H18ClN3O3/c23-18-4-2-1-3-16(18)12-26-13-17(7-10-21(26)28)24-22(29)15-5-8-19-14(11-15)6-9-20(27)25-19/h1-5,7-8,10-11,13H,6,9,12H2,(H,24,29)(H,25,27). The molecule has 0 unspecified atom stereocenters. The fourth-order valence-corrected chi connectivity index (χ4v) is 3.46. The van der Waals surface area contributed by atoms with Crippen LogP contribution in [0.4, 0.5) is 11.4 Å². The van der Waals surface area contributed by atoms with Crippen LogP contribution >= 0.6 is 11.6 Å². The van der Waals surface area contributed by atoms with Gasteiger partial charge in [-0.1, -0.05) is 29.8 Å². The number of hydrogen-bond donors (Lipinski definition) is 2. The van der Waals surface area contributed by atoms with Crippen LogP contribution in [0.5, 0.6) is 0 Å². The predicted molar refractivity (Wildman–Crippen MR) is 113 cm³/mol. The van der Waals surface area contributed by atoms with Crippen molar-refractivity contribution < 1.29 is 9.59 Å². The molecule has 0 bridgehead atoms. The van der Waals surface area contributed by atoms with E-state index in [1.54, 1.807) is 36.5 Å². The number of carbonyl (C=O) groups excluding carboxylic acids is 2. The van der Waals surface area contributed by atoms with Crippen molar-refractivity contribution in [3.8, 4) is 0 Å². The number of rotatable bonds is 4. The Morgan fingerprint density at radius 3 is 2.72 bits per heavy atom. The van der Waals surface area contributed by atoms with Crippen LogP contribution in [-0.2, 0) is 17.8 Å². The molecule has 0 fully saturated rings. The van der Waals surface area contributed by atoms with Crippen molar-refractivity contribution in [1.29, 1.82) is 0 Å². The van der Waals surface area contributed by atoms with Crippen LogP contribution in [0, 0.1) is 0 Å². The van der Waals surface area contributed by atoms with Gasteiger partial charge >= 0.3 is 0 Å². The van der Waals surface area contributed by atoms with E-state index in [9.17, 15) is 14.4 Å². The molecule has 146 valence electrons. The van der Waals surface area contributed by atoms with Gasteiger partial charge in [-0.05, 0) is 47.9 Å². The van der Waals surface area contributed by atoms with E-state index in [-0.39, 0.29) is 17.4 Å². The molecule has 0 radical (unpaired) electrons. The zero-order valence-electron chi connectivity index (χ0n) is 15.4. The number of hydrogen-bond acceptors (Lipinski definition) is 3. The molecule has 0 aliphatic carbocycles. The van der Waals surface area contributed by atoms with Crippen LogP contribution in [0.1, 0.15) is 27.9 Å². The Labute approximate surface area is 172 Å². The number of anilines is 2. The van der Waals surface area contributed by atoms with Crippen LogP contribution < -0.4 is 16.2 Å². The Kier molecular flexibility index (Phi) is 5.18. The van der Waals surface area contributed by atoms with Gasteiger partial charge in [0.1, 0.15) is 0 Å². The van der Waals surface area contributed by atoms with Gasteiger partial charge < -0.3 is 15.2 Å². The highest BCUT2D eigenvalue weighted by Crippen LogP contribution is 2.24. The third kappa shape index (κ3) is 4.22. The number of fused-ring (bicyclic) bond motifs is 1. The summed E-state index contributed by atoms with van der Waals surface area (Å²) in [6.07, 6.45) is 2.61. The van der Waals surface area contributed by atoms with Crippen LogP contribution in [-0.4, -0.2) is 16.4 Å². The van der Waals surface area contributed by atoms with Crippen LogP contribution in [0.25, 0.3) is 0 Å². The van der Waals surface area contributed by atoms with E-state index in [0.717, 1.165) is 16.8 Å². The maximum Gasteiger partial charge on any atom is 0.255 e. The fraction of sp³-hybridized carbons (Fsp3) is 0.136. The Morgan fingerprint density at radius 1 is 1.07 bits per heavy atom. The number of amides is 2. The lowest BCUT2D eigenvalue weighted by molar-refractivity contribution is -0.116. The summed E-state index contributed by atoms with van der Waals surface area (Å²) in [5.41, 5.74) is 3.30. The van der Waals surface area contributed by atoms with Crippen molar-refractivity contribution in [2.45, 2.75) is 19.4 Å². The van der Waals surface area contributed by atoms with Gasteiger partial charge in [-0.25, -0.2) is 0 Å². The second kappa shape index (κ2) is 7.93. The summed E-state index contributed by atoms with van der Waals surface area (Å²) in [5, 5.41) is 6.20. The van der Waals surface area contributed by atoms with E-state index in [1.807, 2.05) is 18.2 Å². The summed E-state index contributed by atoms with van der Waals surface area (Å²) < 4.78 is 1.50.